The normalized spacial score (nSPS) is 11.2. The average molecular weight is 386 g/mol. The van der Waals surface area contributed by atoms with E-state index in [1.54, 1.807) is 0 Å². The predicted octanol–water partition coefficient (Wildman–Crippen LogP) is 3.18. The van der Waals surface area contributed by atoms with E-state index in [-0.39, 0.29) is 16.3 Å². The number of carbonyl (C=O) groups is 1. The van der Waals surface area contributed by atoms with Crippen molar-refractivity contribution in [2.45, 2.75) is 19.8 Å². The summed E-state index contributed by atoms with van der Waals surface area (Å²) in [5.74, 6) is -0.706. The molecule has 0 amide bonds. The molecule has 0 spiro atoms. The van der Waals surface area contributed by atoms with Gasteiger partial charge < -0.3 is 8.92 Å². The molecule has 0 saturated carbocycles. The van der Waals surface area contributed by atoms with Crippen molar-refractivity contribution in [1.82, 2.24) is 0 Å². The number of benzene rings is 1. The second kappa shape index (κ2) is 6.78. The molecule has 0 fully saturated rings. The summed E-state index contributed by atoms with van der Waals surface area (Å²) in [7, 11) is -2.55. The summed E-state index contributed by atoms with van der Waals surface area (Å²) in [4.78, 5) is 11.6. The van der Waals surface area contributed by atoms with Crippen LogP contribution in [0.5, 0.6) is 5.75 Å². The first kappa shape index (κ1) is 17.3. The van der Waals surface area contributed by atoms with Crippen LogP contribution in [-0.4, -0.2) is 27.8 Å². The Morgan fingerprint density at radius 2 is 2.05 bits per heavy atom. The Kier molecular flexibility index (Phi) is 5.85. The van der Waals surface area contributed by atoms with Crippen LogP contribution in [0.3, 0.4) is 0 Å². The SMILES string of the molecule is CCCc1c(Br)cc(C(=O)OC)c(Cl)c1OS(C)(=O)=O. The predicted molar refractivity (Wildman–Crippen MR) is 80.0 cm³/mol. The summed E-state index contributed by atoms with van der Waals surface area (Å²) in [6.45, 7) is 1.93. The van der Waals surface area contributed by atoms with E-state index < -0.39 is 16.1 Å². The van der Waals surface area contributed by atoms with Crippen LogP contribution in [0.4, 0.5) is 0 Å². The fourth-order valence-corrected chi connectivity index (χ4v) is 3.04. The summed E-state index contributed by atoms with van der Waals surface area (Å²) < 4.78 is 32.8. The van der Waals surface area contributed by atoms with Crippen molar-refractivity contribution in [3.05, 3.63) is 26.7 Å². The van der Waals surface area contributed by atoms with Gasteiger partial charge in [-0.3, -0.25) is 0 Å². The number of hydrogen-bond acceptors (Lipinski definition) is 5. The van der Waals surface area contributed by atoms with Gasteiger partial charge in [-0.05, 0) is 12.5 Å². The molecule has 0 aromatic heterocycles. The minimum Gasteiger partial charge on any atom is -0.465 e. The monoisotopic (exact) mass is 384 g/mol. The molecule has 20 heavy (non-hydrogen) atoms. The maximum Gasteiger partial charge on any atom is 0.339 e. The maximum absolute atomic E-state index is 11.6. The zero-order chi connectivity index (χ0) is 15.5. The first-order valence-electron chi connectivity index (χ1n) is 5.69. The van der Waals surface area contributed by atoms with Gasteiger partial charge in [-0.15, -0.1) is 0 Å². The van der Waals surface area contributed by atoms with Crippen molar-refractivity contribution < 1.29 is 22.1 Å². The van der Waals surface area contributed by atoms with E-state index in [0.29, 0.717) is 16.5 Å². The summed E-state index contributed by atoms with van der Waals surface area (Å²) in [5.41, 5.74) is 0.634. The summed E-state index contributed by atoms with van der Waals surface area (Å²) in [5, 5.41) is -0.0751. The minimum atomic E-state index is -3.76. The Morgan fingerprint density at radius 1 is 1.45 bits per heavy atom. The van der Waals surface area contributed by atoms with E-state index in [1.165, 1.54) is 13.2 Å². The number of esters is 1. The molecule has 0 radical (unpaired) electrons. The van der Waals surface area contributed by atoms with E-state index in [0.717, 1.165) is 12.7 Å². The quantitative estimate of drug-likeness (QED) is 0.575. The molecular weight excluding hydrogens is 372 g/mol. The third kappa shape index (κ3) is 4.10. The molecule has 0 saturated heterocycles. The molecule has 0 aliphatic rings. The molecule has 0 aliphatic heterocycles. The van der Waals surface area contributed by atoms with Gasteiger partial charge in [0.2, 0.25) is 0 Å². The second-order valence-corrected chi connectivity index (χ2v) is 6.86. The van der Waals surface area contributed by atoms with Gasteiger partial charge >= 0.3 is 16.1 Å². The highest BCUT2D eigenvalue weighted by atomic mass is 79.9. The van der Waals surface area contributed by atoms with Gasteiger partial charge in [-0.2, -0.15) is 8.42 Å². The van der Waals surface area contributed by atoms with Gasteiger partial charge in [0.15, 0.2) is 5.75 Å². The zero-order valence-electron chi connectivity index (χ0n) is 11.2. The molecule has 0 bridgehead atoms. The van der Waals surface area contributed by atoms with Crippen LogP contribution >= 0.6 is 27.5 Å². The molecule has 1 aromatic carbocycles. The van der Waals surface area contributed by atoms with E-state index in [2.05, 4.69) is 20.7 Å². The van der Waals surface area contributed by atoms with Crippen molar-refractivity contribution in [1.29, 1.82) is 0 Å². The molecule has 5 nitrogen and oxygen atoms in total. The fraction of sp³-hybridized carbons (Fsp3) is 0.417. The summed E-state index contributed by atoms with van der Waals surface area (Å²) in [6.07, 6.45) is 2.22. The molecule has 0 heterocycles. The first-order valence-corrected chi connectivity index (χ1v) is 8.68. The van der Waals surface area contributed by atoms with Crippen molar-refractivity contribution >= 4 is 43.6 Å². The Morgan fingerprint density at radius 3 is 2.50 bits per heavy atom. The van der Waals surface area contributed by atoms with Crippen molar-refractivity contribution in [2.75, 3.05) is 13.4 Å². The maximum atomic E-state index is 11.6. The Bertz CT molecular complexity index is 627. The smallest absolute Gasteiger partial charge is 0.339 e. The molecule has 0 N–H and O–H groups in total. The van der Waals surface area contributed by atoms with E-state index in [1.807, 2.05) is 6.92 Å². The highest BCUT2D eigenvalue weighted by molar-refractivity contribution is 9.10. The number of methoxy groups -OCH3 is 1. The molecule has 0 unspecified atom stereocenters. The average Bonchev–Trinajstić information content (AvgIpc) is 2.35. The van der Waals surface area contributed by atoms with Gasteiger partial charge in [0, 0.05) is 10.0 Å². The Balaban J connectivity index is 3.55. The van der Waals surface area contributed by atoms with Crippen LogP contribution in [-0.2, 0) is 21.3 Å². The number of ether oxygens (including phenoxy) is 1. The molecule has 1 aromatic rings. The van der Waals surface area contributed by atoms with E-state index >= 15 is 0 Å². The second-order valence-electron chi connectivity index (χ2n) is 4.06. The Labute approximate surface area is 131 Å². The van der Waals surface area contributed by atoms with Crippen LogP contribution < -0.4 is 4.18 Å². The van der Waals surface area contributed by atoms with E-state index in [9.17, 15) is 13.2 Å². The van der Waals surface area contributed by atoms with Crippen LogP contribution in [0.15, 0.2) is 10.5 Å². The van der Waals surface area contributed by atoms with Crippen LogP contribution in [0.25, 0.3) is 0 Å². The molecule has 0 aliphatic carbocycles. The fourth-order valence-electron chi connectivity index (χ4n) is 1.62. The lowest BCUT2D eigenvalue weighted by Gasteiger charge is -2.15. The van der Waals surface area contributed by atoms with E-state index in [4.69, 9.17) is 15.8 Å². The number of rotatable bonds is 5. The van der Waals surface area contributed by atoms with Crippen LogP contribution in [0.1, 0.15) is 29.3 Å². The van der Waals surface area contributed by atoms with Gasteiger partial charge in [0.1, 0.15) is 0 Å². The van der Waals surface area contributed by atoms with Gasteiger partial charge in [0.25, 0.3) is 0 Å². The lowest BCUT2D eigenvalue weighted by Crippen LogP contribution is -2.11. The van der Waals surface area contributed by atoms with Crippen LogP contribution in [0, 0.1) is 0 Å². The highest BCUT2D eigenvalue weighted by Crippen LogP contribution is 2.39. The molecule has 1 rings (SSSR count). The topological polar surface area (TPSA) is 69.7 Å². The number of hydrogen-bond donors (Lipinski definition) is 0. The molecular formula is C12H14BrClO5S. The molecule has 112 valence electrons. The third-order valence-corrected chi connectivity index (χ3v) is 3.96. The standard InChI is InChI=1S/C12H14BrClO5S/c1-4-5-7-9(13)6-8(12(15)18-2)10(14)11(7)19-20(3,16)17/h6H,4-5H2,1-3H3. The third-order valence-electron chi connectivity index (χ3n) is 2.41. The zero-order valence-corrected chi connectivity index (χ0v) is 14.4. The lowest BCUT2D eigenvalue weighted by molar-refractivity contribution is 0.0600. The summed E-state index contributed by atoms with van der Waals surface area (Å²) in [6, 6.07) is 1.49. The molecule has 8 heteroatoms. The van der Waals surface area contributed by atoms with Crippen molar-refractivity contribution in [3.63, 3.8) is 0 Å². The van der Waals surface area contributed by atoms with Gasteiger partial charge in [-0.25, -0.2) is 4.79 Å². The van der Waals surface area contributed by atoms with Gasteiger partial charge in [-0.1, -0.05) is 40.9 Å². The largest absolute Gasteiger partial charge is 0.465 e. The van der Waals surface area contributed by atoms with Crippen molar-refractivity contribution in [3.8, 4) is 5.75 Å². The number of carbonyl (C=O) groups excluding carboxylic acids is 1. The highest BCUT2D eigenvalue weighted by Gasteiger charge is 2.23. The lowest BCUT2D eigenvalue weighted by atomic mass is 10.1. The Hall–Kier alpha value is -0.790. The summed E-state index contributed by atoms with van der Waals surface area (Å²) >= 11 is 9.39. The van der Waals surface area contributed by atoms with Crippen molar-refractivity contribution in [2.24, 2.45) is 0 Å². The van der Waals surface area contributed by atoms with Crippen LogP contribution in [0.2, 0.25) is 5.02 Å². The molecule has 0 atom stereocenters. The van der Waals surface area contributed by atoms with Gasteiger partial charge in [0.05, 0.1) is 24.0 Å². The first-order chi connectivity index (χ1) is 9.21. The minimum absolute atomic E-state index is 0.0363. The number of halogens is 2.